The largest absolute Gasteiger partial charge is 0.465 e. The van der Waals surface area contributed by atoms with Gasteiger partial charge >= 0.3 is 5.97 Å². The summed E-state index contributed by atoms with van der Waals surface area (Å²) in [7, 11) is 1.30. The molecule has 0 radical (unpaired) electrons. The first-order valence-corrected chi connectivity index (χ1v) is 4.85. The summed E-state index contributed by atoms with van der Waals surface area (Å²) in [6.45, 7) is 0. The minimum Gasteiger partial charge on any atom is -0.465 e. The molecule has 0 aliphatic rings. The summed E-state index contributed by atoms with van der Waals surface area (Å²) in [5, 5.41) is 2.47. The Morgan fingerprint density at radius 3 is 2.86 bits per heavy atom. The number of hydrogen-bond donors (Lipinski definition) is 1. The van der Waals surface area contributed by atoms with Gasteiger partial charge in [-0.15, -0.1) is 0 Å². The quantitative estimate of drug-likeness (QED) is 0.525. The molecule has 0 unspecified atom stereocenters. The number of amides is 1. The van der Waals surface area contributed by atoms with Crippen LogP contribution in [0.3, 0.4) is 0 Å². The zero-order valence-corrected chi connectivity index (χ0v) is 9.57. The van der Waals surface area contributed by atoms with Crippen LogP contribution in [0.25, 0.3) is 0 Å². The maximum absolute atomic E-state index is 11.3. The second-order valence-corrected chi connectivity index (χ2v) is 3.58. The fourth-order valence-corrected chi connectivity index (χ4v) is 1.66. The second-order valence-electron chi connectivity index (χ2n) is 2.42. The Morgan fingerprint density at radius 2 is 2.29 bits per heavy atom. The monoisotopic (exact) mass is 305 g/mol. The van der Waals surface area contributed by atoms with Crippen LogP contribution in [0.4, 0.5) is 5.69 Å². The third kappa shape index (κ3) is 2.22. The Bertz CT molecular complexity index is 365. The molecule has 1 rings (SSSR count). The highest BCUT2D eigenvalue weighted by molar-refractivity contribution is 14.1. The summed E-state index contributed by atoms with van der Waals surface area (Å²) in [4.78, 5) is 21.6. The molecule has 0 aliphatic carbocycles. The lowest BCUT2D eigenvalue weighted by atomic mass is 10.2. The number of anilines is 1. The molecule has 0 saturated heterocycles. The van der Waals surface area contributed by atoms with Crippen molar-refractivity contribution >= 4 is 40.7 Å². The molecular weight excluding hydrogens is 297 g/mol. The van der Waals surface area contributed by atoms with Crippen LogP contribution in [-0.2, 0) is 9.53 Å². The zero-order chi connectivity index (χ0) is 10.6. The van der Waals surface area contributed by atoms with Gasteiger partial charge in [-0.05, 0) is 34.7 Å². The average Bonchev–Trinajstić information content (AvgIpc) is 2.20. The Morgan fingerprint density at radius 1 is 1.57 bits per heavy atom. The number of para-hydroxylation sites is 1. The molecule has 0 bridgehead atoms. The summed E-state index contributed by atoms with van der Waals surface area (Å²) in [5.41, 5.74) is 0.835. The molecule has 1 amide bonds. The third-order valence-corrected chi connectivity index (χ3v) is 2.52. The number of esters is 1. The molecule has 0 atom stereocenters. The van der Waals surface area contributed by atoms with E-state index in [-0.39, 0.29) is 0 Å². The first-order valence-electron chi connectivity index (χ1n) is 3.77. The van der Waals surface area contributed by atoms with Gasteiger partial charge in [-0.3, -0.25) is 4.79 Å². The molecule has 0 spiro atoms. The maximum atomic E-state index is 11.3. The summed E-state index contributed by atoms with van der Waals surface area (Å²) in [6, 6.07) is 5.11. The molecule has 0 fully saturated rings. The van der Waals surface area contributed by atoms with Crippen LogP contribution >= 0.6 is 22.6 Å². The van der Waals surface area contributed by atoms with E-state index in [2.05, 4.69) is 10.1 Å². The van der Waals surface area contributed by atoms with Crippen LogP contribution in [0.2, 0.25) is 0 Å². The van der Waals surface area contributed by atoms with Crippen LogP contribution in [0.1, 0.15) is 10.4 Å². The van der Waals surface area contributed by atoms with Gasteiger partial charge in [0.15, 0.2) is 0 Å². The van der Waals surface area contributed by atoms with Crippen molar-refractivity contribution in [3.63, 3.8) is 0 Å². The Hall–Kier alpha value is -1.11. The van der Waals surface area contributed by atoms with Gasteiger partial charge in [0.2, 0.25) is 6.41 Å². The third-order valence-electron chi connectivity index (χ3n) is 1.62. The number of carbonyl (C=O) groups is 2. The lowest BCUT2D eigenvalue weighted by Crippen LogP contribution is -2.08. The maximum Gasteiger partial charge on any atom is 0.340 e. The van der Waals surface area contributed by atoms with Crippen molar-refractivity contribution in [3.8, 4) is 0 Å². The number of halogens is 1. The van der Waals surface area contributed by atoms with Crippen molar-refractivity contribution in [1.29, 1.82) is 0 Å². The Kier molecular flexibility index (Phi) is 3.87. The summed E-state index contributed by atoms with van der Waals surface area (Å²) >= 11 is 2.03. The molecule has 1 aromatic rings. The SMILES string of the molecule is COC(=O)c1cccc(I)c1NC=O. The number of nitrogens with one attached hydrogen (secondary N) is 1. The van der Waals surface area contributed by atoms with E-state index in [0.29, 0.717) is 17.7 Å². The van der Waals surface area contributed by atoms with E-state index in [9.17, 15) is 9.59 Å². The van der Waals surface area contributed by atoms with E-state index in [0.717, 1.165) is 3.57 Å². The lowest BCUT2D eigenvalue weighted by Gasteiger charge is -2.07. The van der Waals surface area contributed by atoms with Crippen LogP contribution in [0.15, 0.2) is 18.2 Å². The first kappa shape index (κ1) is 11.0. The van der Waals surface area contributed by atoms with Gasteiger partial charge < -0.3 is 10.1 Å². The second kappa shape index (κ2) is 4.94. The number of ether oxygens (including phenoxy) is 1. The van der Waals surface area contributed by atoms with Gasteiger partial charge in [0.1, 0.15) is 0 Å². The molecule has 4 nitrogen and oxygen atoms in total. The summed E-state index contributed by atoms with van der Waals surface area (Å²) in [5.74, 6) is -0.465. The standard InChI is InChI=1S/C9H8INO3/c1-14-9(13)6-3-2-4-7(10)8(6)11-5-12/h2-5H,1H3,(H,11,12). The first-order chi connectivity index (χ1) is 6.70. The predicted molar refractivity (Wildman–Crippen MR) is 60.2 cm³/mol. The fraction of sp³-hybridized carbons (Fsp3) is 0.111. The highest BCUT2D eigenvalue weighted by Crippen LogP contribution is 2.22. The molecule has 0 aliphatic heterocycles. The number of hydrogen-bond acceptors (Lipinski definition) is 3. The minimum atomic E-state index is -0.465. The van der Waals surface area contributed by atoms with E-state index >= 15 is 0 Å². The normalized spacial score (nSPS) is 9.29. The molecule has 0 heterocycles. The van der Waals surface area contributed by atoms with Crippen molar-refractivity contribution in [2.24, 2.45) is 0 Å². The topological polar surface area (TPSA) is 55.4 Å². The van der Waals surface area contributed by atoms with E-state index < -0.39 is 5.97 Å². The average molecular weight is 305 g/mol. The van der Waals surface area contributed by atoms with Crippen molar-refractivity contribution in [2.45, 2.75) is 0 Å². The Labute approximate surface area is 94.8 Å². The van der Waals surface area contributed by atoms with Gasteiger partial charge in [0.05, 0.1) is 18.4 Å². The molecular formula is C9H8INO3. The van der Waals surface area contributed by atoms with E-state index in [1.807, 2.05) is 22.6 Å². The minimum absolute atomic E-state index is 0.353. The summed E-state index contributed by atoms with van der Waals surface area (Å²) < 4.78 is 5.37. The molecule has 74 valence electrons. The predicted octanol–water partition coefficient (Wildman–Crippen LogP) is 1.65. The molecule has 1 aromatic carbocycles. The van der Waals surface area contributed by atoms with E-state index in [1.54, 1.807) is 18.2 Å². The molecule has 0 saturated carbocycles. The van der Waals surface area contributed by atoms with Crippen LogP contribution in [0, 0.1) is 3.57 Å². The van der Waals surface area contributed by atoms with Gasteiger partial charge in [0, 0.05) is 3.57 Å². The number of rotatable bonds is 3. The zero-order valence-electron chi connectivity index (χ0n) is 7.41. The van der Waals surface area contributed by atoms with E-state index in [1.165, 1.54) is 7.11 Å². The Balaban J connectivity index is 3.20. The van der Waals surface area contributed by atoms with E-state index in [4.69, 9.17) is 0 Å². The van der Waals surface area contributed by atoms with Crippen LogP contribution in [-0.4, -0.2) is 19.5 Å². The highest BCUT2D eigenvalue weighted by Gasteiger charge is 2.13. The van der Waals surface area contributed by atoms with Crippen LogP contribution in [0.5, 0.6) is 0 Å². The van der Waals surface area contributed by atoms with Crippen molar-refractivity contribution in [3.05, 3.63) is 27.3 Å². The van der Waals surface area contributed by atoms with Crippen molar-refractivity contribution < 1.29 is 14.3 Å². The smallest absolute Gasteiger partial charge is 0.340 e. The van der Waals surface area contributed by atoms with Crippen molar-refractivity contribution in [1.82, 2.24) is 0 Å². The van der Waals surface area contributed by atoms with Crippen molar-refractivity contribution in [2.75, 3.05) is 12.4 Å². The van der Waals surface area contributed by atoms with Gasteiger partial charge in [-0.2, -0.15) is 0 Å². The lowest BCUT2D eigenvalue weighted by molar-refractivity contribution is -0.105. The molecule has 1 N–H and O–H groups in total. The molecule has 0 aromatic heterocycles. The fourth-order valence-electron chi connectivity index (χ4n) is 1.01. The number of benzene rings is 1. The molecule has 14 heavy (non-hydrogen) atoms. The molecule has 5 heteroatoms. The summed E-state index contributed by atoms with van der Waals surface area (Å²) in [6.07, 6.45) is 0.532. The van der Waals surface area contributed by atoms with Gasteiger partial charge in [-0.1, -0.05) is 6.07 Å². The van der Waals surface area contributed by atoms with Gasteiger partial charge in [-0.25, -0.2) is 4.79 Å². The number of methoxy groups -OCH3 is 1. The van der Waals surface area contributed by atoms with Gasteiger partial charge in [0.25, 0.3) is 0 Å². The number of carbonyl (C=O) groups excluding carboxylic acids is 2. The highest BCUT2D eigenvalue weighted by atomic mass is 127. The van der Waals surface area contributed by atoms with Crippen LogP contribution < -0.4 is 5.32 Å².